The third-order valence-corrected chi connectivity index (χ3v) is 5.77. The van der Waals surface area contributed by atoms with Crippen LogP contribution in [0, 0.1) is 10.5 Å². The van der Waals surface area contributed by atoms with Gasteiger partial charge in [-0.05, 0) is 70.1 Å². The maximum atomic E-state index is 10.4. The second kappa shape index (κ2) is 6.77. The Bertz CT molecular complexity index is 630. The average molecular weight is 470 g/mol. The number of aryl methyl sites for hydroxylation is 2. The van der Waals surface area contributed by atoms with Crippen molar-refractivity contribution in [3.63, 3.8) is 0 Å². The molecule has 1 atom stereocenters. The van der Waals surface area contributed by atoms with Gasteiger partial charge in [-0.2, -0.15) is 5.10 Å². The molecule has 1 aromatic heterocycles. The lowest BCUT2D eigenvalue weighted by Crippen LogP contribution is -2.09. The van der Waals surface area contributed by atoms with Gasteiger partial charge in [0.15, 0.2) is 0 Å². The van der Waals surface area contributed by atoms with Gasteiger partial charge in [-0.25, -0.2) is 0 Å². The van der Waals surface area contributed by atoms with E-state index in [1.807, 2.05) is 36.7 Å². The molecule has 0 aliphatic carbocycles. The molecule has 0 aliphatic rings. The maximum Gasteiger partial charge on any atom is 0.0846 e. The van der Waals surface area contributed by atoms with E-state index in [9.17, 15) is 5.11 Å². The van der Waals surface area contributed by atoms with Crippen LogP contribution in [0.3, 0.4) is 0 Å². The monoisotopic (exact) mass is 468 g/mol. The van der Waals surface area contributed by atoms with E-state index in [1.54, 1.807) is 0 Å². The second-order valence-electron chi connectivity index (χ2n) is 4.56. The minimum absolute atomic E-state index is 0.506. The first kappa shape index (κ1) is 16.3. The Balaban J connectivity index is 2.27. The minimum atomic E-state index is -0.595. The van der Waals surface area contributed by atoms with E-state index in [0.29, 0.717) is 11.4 Å². The summed E-state index contributed by atoms with van der Waals surface area (Å²) in [5, 5.41) is 15.5. The Morgan fingerprint density at radius 2 is 2.20 bits per heavy atom. The third kappa shape index (κ3) is 3.37. The molecule has 0 amide bonds. The Hall–Kier alpha value is -0.110. The first-order valence-electron chi connectivity index (χ1n) is 6.28. The standard InChI is InChI=1S/C14H15BrClIN2O/c1-3-19-12(14(15)8(2)18-19)7-13(20)9-4-5-11(17)10(16)6-9/h4-6,13,20H,3,7H2,1-2H3. The Morgan fingerprint density at radius 1 is 1.50 bits per heavy atom. The van der Waals surface area contributed by atoms with Crippen molar-refractivity contribution in [1.82, 2.24) is 9.78 Å². The fourth-order valence-electron chi connectivity index (χ4n) is 2.08. The van der Waals surface area contributed by atoms with Gasteiger partial charge in [-0.15, -0.1) is 0 Å². The first-order chi connectivity index (χ1) is 9.43. The molecule has 0 aliphatic heterocycles. The number of halogens is 3. The zero-order chi connectivity index (χ0) is 14.9. The van der Waals surface area contributed by atoms with E-state index in [4.69, 9.17) is 11.6 Å². The van der Waals surface area contributed by atoms with Crippen molar-refractivity contribution in [2.75, 3.05) is 0 Å². The molecule has 1 heterocycles. The van der Waals surface area contributed by atoms with Crippen molar-refractivity contribution in [3.05, 3.63) is 48.2 Å². The van der Waals surface area contributed by atoms with Gasteiger partial charge in [-0.3, -0.25) is 4.68 Å². The van der Waals surface area contributed by atoms with Crippen LogP contribution in [0.4, 0.5) is 0 Å². The molecule has 0 saturated carbocycles. The largest absolute Gasteiger partial charge is 0.388 e. The molecule has 1 N–H and O–H groups in total. The molecular formula is C14H15BrClIN2O. The molecule has 3 nitrogen and oxygen atoms in total. The summed E-state index contributed by atoms with van der Waals surface area (Å²) < 4.78 is 3.86. The third-order valence-electron chi connectivity index (χ3n) is 3.17. The fraction of sp³-hybridized carbons (Fsp3) is 0.357. The van der Waals surface area contributed by atoms with Crippen molar-refractivity contribution < 1.29 is 5.11 Å². The smallest absolute Gasteiger partial charge is 0.0846 e. The van der Waals surface area contributed by atoms with Gasteiger partial charge < -0.3 is 5.11 Å². The van der Waals surface area contributed by atoms with Crippen LogP contribution in [0.25, 0.3) is 0 Å². The van der Waals surface area contributed by atoms with Crippen LogP contribution in [0.15, 0.2) is 22.7 Å². The SMILES string of the molecule is CCn1nc(C)c(Br)c1CC(O)c1ccc(I)c(Cl)c1. The summed E-state index contributed by atoms with van der Waals surface area (Å²) in [4.78, 5) is 0. The number of hydrogen-bond acceptors (Lipinski definition) is 2. The van der Waals surface area contributed by atoms with E-state index in [0.717, 1.165) is 31.5 Å². The highest BCUT2D eigenvalue weighted by molar-refractivity contribution is 14.1. The molecule has 0 radical (unpaired) electrons. The second-order valence-corrected chi connectivity index (χ2v) is 6.92. The van der Waals surface area contributed by atoms with Gasteiger partial charge in [0, 0.05) is 16.5 Å². The summed E-state index contributed by atoms with van der Waals surface area (Å²) in [6.45, 7) is 4.77. The van der Waals surface area contributed by atoms with Crippen LogP contribution >= 0.6 is 50.1 Å². The van der Waals surface area contributed by atoms with Gasteiger partial charge in [0.25, 0.3) is 0 Å². The zero-order valence-electron chi connectivity index (χ0n) is 11.2. The quantitative estimate of drug-likeness (QED) is 0.670. The van der Waals surface area contributed by atoms with E-state index < -0.39 is 6.10 Å². The predicted molar refractivity (Wildman–Crippen MR) is 93.2 cm³/mol. The van der Waals surface area contributed by atoms with E-state index in [2.05, 4.69) is 43.6 Å². The lowest BCUT2D eigenvalue weighted by atomic mass is 10.0. The molecule has 1 unspecified atom stereocenters. The Labute approximate surface area is 145 Å². The van der Waals surface area contributed by atoms with Crippen LogP contribution in [-0.2, 0) is 13.0 Å². The topological polar surface area (TPSA) is 38.0 Å². The van der Waals surface area contributed by atoms with Crippen LogP contribution in [-0.4, -0.2) is 14.9 Å². The number of benzene rings is 1. The highest BCUT2D eigenvalue weighted by Crippen LogP contribution is 2.28. The molecule has 108 valence electrons. The molecular weight excluding hydrogens is 454 g/mol. The van der Waals surface area contributed by atoms with Crippen LogP contribution in [0.5, 0.6) is 0 Å². The summed E-state index contributed by atoms with van der Waals surface area (Å²) in [6.07, 6.45) is -0.0890. The van der Waals surface area contributed by atoms with Crippen molar-refractivity contribution in [1.29, 1.82) is 0 Å². The molecule has 0 bridgehead atoms. The summed E-state index contributed by atoms with van der Waals surface area (Å²) >= 11 is 11.8. The van der Waals surface area contributed by atoms with Crippen LogP contribution < -0.4 is 0 Å². The van der Waals surface area contributed by atoms with Gasteiger partial charge in [0.05, 0.1) is 27.0 Å². The van der Waals surface area contributed by atoms with Crippen molar-refractivity contribution in [2.45, 2.75) is 32.9 Å². The van der Waals surface area contributed by atoms with Gasteiger partial charge in [0.1, 0.15) is 0 Å². The molecule has 2 aromatic rings. The molecule has 2 rings (SSSR count). The first-order valence-corrected chi connectivity index (χ1v) is 8.53. The van der Waals surface area contributed by atoms with E-state index >= 15 is 0 Å². The Kier molecular flexibility index (Phi) is 5.50. The van der Waals surface area contributed by atoms with Gasteiger partial charge >= 0.3 is 0 Å². The Morgan fingerprint density at radius 3 is 2.80 bits per heavy atom. The molecule has 0 saturated heterocycles. The fourth-order valence-corrected chi connectivity index (χ4v) is 3.05. The molecule has 0 fully saturated rings. The summed E-state index contributed by atoms with van der Waals surface area (Å²) in [5.41, 5.74) is 2.77. The lowest BCUT2D eigenvalue weighted by Gasteiger charge is -2.13. The van der Waals surface area contributed by atoms with Gasteiger partial charge in [-0.1, -0.05) is 17.7 Å². The van der Waals surface area contributed by atoms with Crippen LogP contribution in [0.2, 0.25) is 5.02 Å². The van der Waals surface area contributed by atoms with Crippen molar-refractivity contribution in [3.8, 4) is 0 Å². The number of hydrogen-bond donors (Lipinski definition) is 1. The van der Waals surface area contributed by atoms with Crippen molar-refractivity contribution >= 4 is 50.1 Å². The highest BCUT2D eigenvalue weighted by Gasteiger charge is 2.17. The van der Waals surface area contributed by atoms with Crippen molar-refractivity contribution in [2.24, 2.45) is 0 Å². The zero-order valence-corrected chi connectivity index (χ0v) is 15.7. The summed E-state index contributed by atoms with van der Waals surface area (Å²) in [5.74, 6) is 0. The van der Waals surface area contributed by atoms with Crippen LogP contribution in [0.1, 0.15) is 30.0 Å². The number of aliphatic hydroxyl groups excluding tert-OH is 1. The number of aliphatic hydroxyl groups is 1. The summed E-state index contributed by atoms with van der Waals surface area (Å²) in [7, 11) is 0. The number of aromatic nitrogens is 2. The molecule has 20 heavy (non-hydrogen) atoms. The lowest BCUT2D eigenvalue weighted by molar-refractivity contribution is 0.175. The predicted octanol–water partition coefficient (Wildman–Crippen LogP) is 4.51. The number of nitrogens with zero attached hydrogens (tertiary/aromatic N) is 2. The molecule has 0 spiro atoms. The average Bonchev–Trinajstić information content (AvgIpc) is 2.69. The molecule has 6 heteroatoms. The number of rotatable bonds is 4. The maximum absolute atomic E-state index is 10.4. The van der Waals surface area contributed by atoms with E-state index in [-0.39, 0.29) is 0 Å². The highest BCUT2D eigenvalue weighted by atomic mass is 127. The van der Waals surface area contributed by atoms with E-state index in [1.165, 1.54) is 0 Å². The minimum Gasteiger partial charge on any atom is -0.388 e. The summed E-state index contributed by atoms with van der Waals surface area (Å²) in [6, 6.07) is 5.64. The molecule has 1 aromatic carbocycles. The normalized spacial score (nSPS) is 12.7. The van der Waals surface area contributed by atoms with Gasteiger partial charge in [0.2, 0.25) is 0 Å².